The molecule has 1 saturated heterocycles. The molecule has 2 heterocycles. The van der Waals surface area contributed by atoms with Gasteiger partial charge in [0, 0.05) is 25.0 Å². The summed E-state index contributed by atoms with van der Waals surface area (Å²) in [6.07, 6.45) is 2.71. The van der Waals surface area contributed by atoms with E-state index in [1.807, 2.05) is 12.3 Å². The van der Waals surface area contributed by atoms with E-state index in [4.69, 9.17) is 4.74 Å². The Hall–Kier alpha value is -1.14. The lowest BCUT2D eigenvalue weighted by Crippen LogP contribution is -2.37. The maximum atomic E-state index is 11.5. The van der Waals surface area contributed by atoms with E-state index in [9.17, 15) is 4.79 Å². The summed E-state index contributed by atoms with van der Waals surface area (Å²) in [5, 5.41) is 3.01. The Bertz CT molecular complexity index is 454. The van der Waals surface area contributed by atoms with Gasteiger partial charge in [0.1, 0.15) is 0 Å². The van der Waals surface area contributed by atoms with E-state index >= 15 is 0 Å². The molecular weight excluding hydrogens is 286 g/mol. The number of carbonyl (C=O) groups is 1. The number of carbonyl (C=O) groups excluding carboxylic acids is 1. The molecule has 0 aliphatic carbocycles. The quantitative estimate of drug-likeness (QED) is 0.752. The van der Waals surface area contributed by atoms with Crippen molar-refractivity contribution < 1.29 is 9.53 Å². The minimum Gasteiger partial charge on any atom is -0.466 e. The number of ether oxygens (including phenoxy) is 1. The second kappa shape index (κ2) is 7.75. The van der Waals surface area contributed by atoms with Crippen molar-refractivity contribution in [1.82, 2.24) is 9.88 Å². The molecule has 0 spiro atoms. The van der Waals surface area contributed by atoms with Crippen LogP contribution < -0.4 is 4.90 Å². The fourth-order valence-electron chi connectivity index (χ4n) is 2.71. The standard InChI is InChI=1S/C15H25N3O2S/c1-4-20-14(19)9-13-11-21-15(16-13)18-7-5-12(6-8-18)10-17(2)3/h11-12H,4-10H2,1-3H3. The molecule has 0 amide bonds. The molecule has 0 unspecified atom stereocenters. The van der Waals surface area contributed by atoms with Crippen molar-refractivity contribution in [2.75, 3.05) is 45.2 Å². The maximum absolute atomic E-state index is 11.5. The van der Waals surface area contributed by atoms with Gasteiger partial charge in [0.25, 0.3) is 0 Å². The summed E-state index contributed by atoms with van der Waals surface area (Å²) in [6.45, 7) is 5.53. The van der Waals surface area contributed by atoms with Gasteiger partial charge in [-0.05, 0) is 39.8 Å². The van der Waals surface area contributed by atoms with Gasteiger partial charge < -0.3 is 14.5 Å². The third-order valence-electron chi connectivity index (χ3n) is 3.68. The average Bonchev–Trinajstić information content (AvgIpc) is 2.87. The predicted molar refractivity (Wildman–Crippen MR) is 85.9 cm³/mol. The number of thiazole rings is 1. The molecular formula is C15H25N3O2S. The highest BCUT2D eigenvalue weighted by Gasteiger charge is 2.22. The number of esters is 1. The molecule has 21 heavy (non-hydrogen) atoms. The Morgan fingerprint density at radius 1 is 1.48 bits per heavy atom. The minimum atomic E-state index is -0.195. The smallest absolute Gasteiger partial charge is 0.311 e. The van der Waals surface area contributed by atoms with E-state index in [0.29, 0.717) is 6.61 Å². The molecule has 118 valence electrons. The van der Waals surface area contributed by atoms with Crippen LogP contribution in [-0.2, 0) is 16.0 Å². The summed E-state index contributed by atoms with van der Waals surface area (Å²) in [7, 11) is 4.27. The van der Waals surface area contributed by atoms with Gasteiger partial charge in [0.15, 0.2) is 5.13 Å². The average molecular weight is 311 g/mol. The van der Waals surface area contributed by atoms with E-state index in [1.165, 1.54) is 19.4 Å². The van der Waals surface area contributed by atoms with Crippen molar-refractivity contribution in [2.24, 2.45) is 5.92 Å². The second-order valence-electron chi connectivity index (χ2n) is 5.80. The number of anilines is 1. The molecule has 1 fully saturated rings. The van der Waals surface area contributed by atoms with Crippen LogP contribution in [0.15, 0.2) is 5.38 Å². The van der Waals surface area contributed by atoms with E-state index in [-0.39, 0.29) is 12.4 Å². The SMILES string of the molecule is CCOC(=O)Cc1csc(N2CCC(CN(C)C)CC2)n1. The monoisotopic (exact) mass is 311 g/mol. The Morgan fingerprint density at radius 2 is 2.19 bits per heavy atom. The van der Waals surface area contributed by atoms with E-state index in [1.54, 1.807) is 11.3 Å². The summed E-state index contributed by atoms with van der Waals surface area (Å²) in [5.74, 6) is 0.592. The zero-order valence-corrected chi connectivity index (χ0v) is 14.0. The summed E-state index contributed by atoms with van der Waals surface area (Å²) in [6, 6.07) is 0. The Balaban J connectivity index is 1.84. The zero-order valence-electron chi connectivity index (χ0n) is 13.2. The Morgan fingerprint density at radius 3 is 2.81 bits per heavy atom. The summed E-state index contributed by atoms with van der Waals surface area (Å²) < 4.78 is 4.96. The van der Waals surface area contributed by atoms with Crippen LogP contribution in [-0.4, -0.2) is 56.2 Å². The van der Waals surface area contributed by atoms with Gasteiger partial charge >= 0.3 is 5.97 Å². The van der Waals surface area contributed by atoms with E-state index < -0.39 is 0 Å². The van der Waals surface area contributed by atoms with Crippen molar-refractivity contribution in [2.45, 2.75) is 26.2 Å². The van der Waals surface area contributed by atoms with Crippen LogP contribution in [0.5, 0.6) is 0 Å². The van der Waals surface area contributed by atoms with Gasteiger partial charge in [-0.2, -0.15) is 0 Å². The first-order chi connectivity index (χ1) is 10.1. The van der Waals surface area contributed by atoms with Crippen molar-refractivity contribution in [1.29, 1.82) is 0 Å². The van der Waals surface area contributed by atoms with Gasteiger partial charge in [-0.15, -0.1) is 11.3 Å². The van der Waals surface area contributed by atoms with Crippen LogP contribution in [0.1, 0.15) is 25.5 Å². The first-order valence-corrected chi connectivity index (χ1v) is 8.46. The lowest BCUT2D eigenvalue weighted by molar-refractivity contribution is -0.142. The van der Waals surface area contributed by atoms with Crippen molar-refractivity contribution in [3.8, 4) is 0 Å². The summed E-state index contributed by atoms with van der Waals surface area (Å²) >= 11 is 1.63. The molecule has 0 aromatic carbocycles. The second-order valence-corrected chi connectivity index (χ2v) is 6.63. The Labute approximate surface area is 130 Å². The topological polar surface area (TPSA) is 45.7 Å². The fourth-order valence-corrected chi connectivity index (χ4v) is 3.58. The highest BCUT2D eigenvalue weighted by Crippen LogP contribution is 2.26. The highest BCUT2D eigenvalue weighted by molar-refractivity contribution is 7.13. The Kier molecular flexibility index (Phi) is 5.99. The summed E-state index contributed by atoms with van der Waals surface area (Å²) in [4.78, 5) is 20.6. The van der Waals surface area contributed by atoms with Gasteiger partial charge in [-0.3, -0.25) is 4.79 Å². The van der Waals surface area contributed by atoms with Crippen molar-refractivity contribution in [3.05, 3.63) is 11.1 Å². The molecule has 0 bridgehead atoms. The maximum Gasteiger partial charge on any atom is 0.311 e. The lowest BCUT2D eigenvalue weighted by Gasteiger charge is -2.33. The largest absolute Gasteiger partial charge is 0.466 e. The first kappa shape index (κ1) is 16.2. The number of piperidine rings is 1. The predicted octanol–water partition coefficient (Wildman–Crippen LogP) is 2.03. The van der Waals surface area contributed by atoms with E-state index in [2.05, 4.69) is 28.9 Å². The highest BCUT2D eigenvalue weighted by atomic mass is 32.1. The third kappa shape index (κ3) is 4.97. The number of nitrogens with zero attached hydrogens (tertiary/aromatic N) is 3. The first-order valence-electron chi connectivity index (χ1n) is 7.58. The van der Waals surface area contributed by atoms with Gasteiger partial charge in [-0.1, -0.05) is 0 Å². The lowest BCUT2D eigenvalue weighted by atomic mass is 9.97. The molecule has 0 N–H and O–H groups in total. The van der Waals surface area contributed by atoms with Gasteiger partial charge in [-0.25, -0.2) is 4.98 Å². The zero-order chi connectivity index (χ0) is 15.2. The normalized spacial score (nSPS) is 16.5. The molecule has 1 aliphatic heterocycles. The van der Waals surface area contributed by atoms with E-state index in [0.717, 1.165) is 29.8 Å². The van der Waals surface area contributed by atoms with Crippen LogP contribution in [0.2, 0.25) is 0 Å². The van der Waals surface area contributed by atoms with Crippen LogP contribution in [0, 0.1) is 5.92 Å². The van der Waals surface area contributed by atoms with Crippen LogP contribution in [0.25, 0.3) is 0 Å². The fraction of sp³-hybridized carbons (Fsp3) is 0.733. The number of hydrogen-bond donors (Lipinski definition) is 0. The molecule has 1 aromatic heterocycles. The molecule has 0 atom stereocenters. The number of rotatable bonds is 6. The molecule has 0 saturated carbocycles. The number of aromatic nitrogens is 1. The van der Waals surface area contributed by atoms with Crippen LogP contribution in [0.3, 0.4) is 0 Å². The van der Waals surface area contributed by atoms with Gasteiger partial charge in [0.2, 0.25) is 0 Å². The molecule has 5 nitrogen and oxygen atoms in total. The minimum absolute atomic E-state index is 0.195. The molecule has 6 heteroatoms. The van der Waals surface area contributed by atoms with Crippen molar-refractivity contribution >= 4 is 22.4 Å². The molecule has 1 aliphatic rings. The van der Waals surface area contributed by atoms with Crippen LogP contribution in [0.4, 0.5) is 5.13 Å². The molecule has 2 rings (SSSR count). The van der Waals surface area contributed by atoms with Crippen LogP contribution >= 0.6 is 11.3 Å². The van der Waals surface area contributed by atoms with Gasteiger partial charge in [0.05, 0.1) is 18.7 Å². The third-order valence-corrected chi connectivity index (χ3v) is 4.63. The number of hydrogen-bond acceptors (Lipinski definition) is 6. The molecule has 0 radical (unpaired) electrons. The van der Waals surface area contributed by atoms with Crippen molar-refractivity contribution in [3.63, 3.8) is 0 Å². The molecule has 1 aromatic rings. The summed E-state index contributed by atoms with van der Waals surface area (Å²) in [5.41, 5.74) is 0.823.